The van der Waals surface area contributed by atoms with Gasteiger partial charge in [-0.3, -0.25) is 0 Å². The van der Waals surface area contributed by atoms with Gasteiger partial charge >= 0.3 is 0 Å². The van der Waals surface area contributed by atoms with E-state index in [1.54, 1.807) is 27.7 Å². The molecule has 2 fully saturated rings. The van der Waals surface area contributed by atoms with Gasteiger partial charge in [-0.25, -0.2) is 0 Å². The van der Waals surface area contributed by atoms with Gasteiger partial charge in [0.2, 0.25) is 0 Å². The van der Waals surface area contributed by atoms with E-state index >= 15 is 0 Å². The zero-order valence-corrected chi connectivity index (χ0v) is 23.7. The first kappa shape index (κ1) is 23.2. The lowest BCUT2D eigenvalue weighted by Crippen LogP contribution is -2.65. The molecule has 0 bridgehead atoms. The summed E-state index contributed by atoms with van der Waals surface area (Å²) >= 11 is 0. The van der Waals surface area contributed by atoms with Crippen molar-refractivity contribution in [1.82, 2.24) is 0 Å². The first-order valence-electron chi connectivity index (χ1n) is 15.4. The lowest BCUT2D eigenvalue weighted by molar-refractivity contribution is 0.195. The number of hydrogen-bond acceptors (Lipinski definition) is 2. The molecule has 38 heavy (non-hydrogen) atoms. The van der Waals surface area contributed by atoms with Gasteiger partial charge in [0, 0.05) is 34.7 Å². The SMILES string of the molecule is CCN1c2cccc3c2B(c2cccc(C4(C)CCCCC4)c21)c1cccc2c1N3C1(C)CCCCC21C. The number of anilines is 4. The summed E-state index contributed by atoms with van der Waals surface area (Å²) in [5, 5.41) is 0. The van der Waals surface area contributed by atoms with Gasteiger partial charge < -0.3 is 9.80 Å². The molecule has 3 heterocycles. The maximum atomic E-state index is 2.83. The van der Waals surface area contributed by atoms with Crippen LogP contribution in [0.5, 0.6) is 0 Å². The minimum Gasteiger partial charge on any atom is -0.342 e. The molecule has 2 saturated carbocycles. The van der Waals surface area contributed by atoms with E-state index in [1.807, 2.05) is 0 Å². The molecule has 0 radical (unpaired) electrons. The number of para-hydroxylation sites is 2. The molecule has 0 spiro atoms. The Bertz CT molecular complexity index is 1470. The fraction of sp³-hybridized carbons (Fsp3) is 0.486. The van der Waals surface area contributed by atoms with Crippen molar-refractivity contribution in [2.75, 3.05) is 16.3 Å². The Morgan fingerprint density at radius 2 is 1.32 bits per heavy atom. The van der Waals surface area contributed by atoms with E-state index in [0.717, 1.165) is 6.54 Å². The van der Waals surface area contributed by atoms with Crippen molar-refractivity contribution in [2.24, 2.45) is 0 Å². The van der Waals surface area contributed by atoms with Crippen LogP contribution in [0.1, 0.15) is 96.6 Å². The molecule has 3 heteroatoms. The average molecular weight is 501 g/mol. The molecule has 3 aromatic carbocycles. The van der Waals surface area contributed by atoms with Crippen molar-refractivity contribution in [3.63, 3.8) is 0 Å². The highest BCUT2D eigenvalue weighted by Gasteiger charge is 2.61. The van der Waals surface area contributed by atoms with Crippen LogP contribution in [-0.4, -0.2) is 18.8 Å². The summed E-state index contributed by atoms with van der Waals surface area (Å²) in [4.78, 5) is 5.52. The smallest absolute Gasteiger partial charge is 0.252 e. The van der Waals surface area contributed by atoms with Crippen LogP contribution in [0.25, 0.3) is 0 Å². The standard InChI is InChI=1S/C35H41BN2/c1-5-37-28-18-13-19-29-30(28)36(26-16-11-14-24(31(26)37)33(2)20-7-6-8-21-33)27-17-12-15-25-32(27)38(29)35(4)23-10-9-22-34(25,35)3/h11-19H,5-10,20-23H2,1-4H3. The Morgan fingerprint density at radius 3 is 2.08 bits per heavy atom. The van der Waals surface area contributed by atoms with Gasteiger partial charge in [0.25, 0.3) is 6.71 Å². The van der Waals surface area contributed by atoms with Gasteiger partial charge in [-0.1, -0.05) is 88.4 Å². The third-order valence-electron chi connectivity index (χ3n) is 11.9. The molecular weight excluding hydrogens is 459 g/mol. The number of fused-ring (bicyclic) bond motifs is 7. The van der Waals surface area contributed by atoms with Crippen LogP contribution in [0.2, 0.25) is 0 Å². The molecule has 8 rings (SSSR count). The molecule has 2 aliphatic carbocycles. The van der Waals surface area contributed by atoms with Gasteiger partial charge in [-0.2, -0.15) is 0 Å². The zero-order valence-electron chi connectivity index (χ0n) is 23.7. The quantitative estimate of drug-likeness (QED) is 0.351. The molecule has 2 nitrogen and oxygen atoms in total. The maximum absolute atomic E-state index is 2.83. The van der Waals surface area contributed by atoms with Crippen molar-refractivity contribution in [3.8, 4) is 0 Å². The summed E-state index contributed by atoms with van der Waals surface area (Å²) in [6.07, 6.45) is 11.9. The molecule has 2 atom stereocenters. The second-order valence-corrected chi connectivity index (χ2v) is 13.6. The fourth-order valence-electron chi connectivity index (χ4n) is 9.78. The average Bonchev–Trinajstić information content (AvgIpc) is 3.15. The third kappa shape index (κ3) is 2.62. The molecule has 3 aliphatic heterocycles. The van der Waals surface area contributed by atoms with Crippen LogP contribution in [0, 0.1) is 0 Å². The number of rotatable bonds is 2. The van der Waals surface area contributed by atoms with Crippen molar-refractivity contribution in [1.29, 1.82) is 0 Å². The summed E-state index contributed by atoms with van der Waals surface area (Å²) in [6, 6.07) is 21.9. The van der Waals surface area contributed by atoms with Gasteiger partial charge in [0.1, 0.15) is 0 Å². The highest BCUT2D eigenvalue weighted by atomic mass is 15.3. The molecule has 0 N–H and O–H groups in total. The predicted molar refractivity (Wildman–Crippen MR) is 163 cm³/mol. The summed E-state index contributed by atoms with van der Waals surface area (Å²) in [5.74, 6) is 0. The number of nitrogens with zero attached hydrogens (tertiary/aromatic N) is 2. The van der Waals surface area contributed by atoms with Crippen molar-refractivity contribution in [3.05, 3.63) is 65.7 Å². The Kier molecular flexibility index (Phi) is 4.71. The normalized spacial score (nSPS) is 27.9. The molecule has 0 amide bonds. The van der Waals surface area contributed by atoms with E-state index in [-0.39, 0.29) is 16.4 Å². The zero-order chi connectivity index (χ0) is 25.9. The summed E-state index contributed by atoms with van der Waals surface area (Å²) in [6.45, 7) is 11.4. The van der Waals surface area contributed by atoms with Crippen LogP contribution in [0.15, 0.2) is 54.6 Å². The van der Waals surface area contributed by atoms with Crippen LogP contribution in [0.3, 0.4) is 0 Å². The highest BCUT2D eigenvalue weighted by Crippen LogP contribution is 2.61. The molecule has 2 unspecified atom stereocenters. The van der Waals surface area contributed by atoms with Crippen molar-refractivity contribution >= 4 is 45.9 Å². The second-order valence-electron chi connectivity index (χ2n) is 13.6. The van der Waals surface area contributed by atoms with Crippen molar-refractivity contribution < 1.29 is 0 Å². The van der Waals surface area contributed by atoms with Gasteiger partial charge in [-0.15, -0.1) is 0 Å². The van der Waals surface area contributed by atoms with Crippen LogP contribution < -0.4 is 26.2 Å². The minimum absolute atomic E-state index is 0.124. The number of benzene rings is 3. The van der Waals surface area contributed by atoms with Crippen molar-refractivity contribution in [2.45, 2.75) is 102 Å². The first-order valence-corrected chi connectivity index (χ1v) is 15.4. The van der Waals surface area contributed by atoms with Gasteiger partial charge in [-0.05, 0) is 84.6 Å². The predicted octanol–water partition coefficient (Wildman–Crippen LogP) is 6.95. The third-order valence-corrected chi connectivity index (χ3v) is 11.9. The lowest BCUT2D eigenvalue weighted by atomic mass is 9.33. The highest BCUT2D eigenvalue weighted by molar-refractivity contribution is 7.00. The largest absolute Gasteiger partial charge is 0.342 e. The number of hydrogen-bond donors (Lipinski definition) is 0. The lowest BCUT2D eigenvalue weighted by Gasteiger charge is -2.53. The van der Waals surface area contributed by atoms with Crippen LogP contribution in [-0.2, 0) is 10.8 Å². The Hall–Kier alpha value is -2.68. The molecule has 0 aromatic heterocycles. The Balaban J connectivity index is 1.45. The van der Waals surface area contributed by atoms with E-state index in [0.29, 0.717) is 6.71 Å². The van der Waals surface area contributed by atoms with Crippen LogP contribution in [0.4, 0.5) is 22.7 Å². The van der Waals surface area contributed by atoms with E-state index in [4.69, 9.17) is 0 Å². The fourth-order valence-corrected chi connectivity index (χ4v) is 9.78. The topological polar surface area (TPSA) is 6.48 Å². The van der Waals surface area contributed by atoms with Gasteiger partial charge in [0.05, 0.1) is 5.54 Å². The first-order chi connectivity index (χ1) is 18.4. The van der Waals surface area contributed by atoms with E-state index in [9.17, 15) is 0 Å². The van der Waals surface area contributed by atoms with E-state index in [1.165, 1.54) is 80.3 Å². The maximum Gasteiger partial charge on any atom is 0.252 e. The van der Waals surface area contributed by atoms with E-state index < -0.39 is 0 Å². The summed E-state index contributed by atoms with van der Waals surface area (Å²) < 4.78 is 0. The summed E-state index contributed by atoms with van der Waals surface area (Å²) in [5.41, 5.74) is 14.4. The van der Waals surface area contributed by atoms with Gasteiger partial charge in [0.15, 0.2) is 0 Å². The Labute approximate surface area is 229 Å². The molecule has 3 aromatic rings. The Morgan fingerprint density at radius 1 is 0.684 bits per heavy atom. The molecule has 5 aliphatic rings. The molecular formula is C35H41BN2. The minimum atomic E-state index is 0.124. The second kappa shape index (κ2) is 7.71. The molecule has 194 valence electrons. The van der Waals surface area contributed by atoms with Crippen LogP contribution >= 0.6 is 0 Å². The monoisotopic (exact) mass is 500 g/mol. The van der Waals surface area contributed by atoms with E-state index in [2.05, 4.69) is 92.1 Å². The molecule has 0 saturated heterocycles. The summed E-state index contributed by atoms with van der Waals surface area (Å²) in [7, 11) is 0.